The van der Waals surface area contributed by atoms with Crippen LogP contribution in [-0.4, -0.2) is 60.4 Å². The van der Waals surface area contributed by atoms with Crippen LogP contribution in [0.25, 0.3) is 0 Å². The van der Waals surface area contributed by atoms with Crippen LogP contribution in [0.4, 0.5) is 0 Å². The van der Waals surface area contributed by atoms with E-state index in [2.05, 4.69) is 13.8 Å². The number of amides is 1. The third kappa shape index (κ3) is 2.63. The van der Waals surface area contributed by atoms with Crippen molar-refractivity contribution in [1.82, 2.24) is 4.90 Å². The molecule has 0 aromatic rings. The van der Waals surface area contributed by atoms with Gasteiger partial charge in [-0.2, -0.15) is 0 Å². The predicted molar refractivity (Wildman–Crippen MR) is 80.5 cm³/mol. The first-order valence-electron chi connectivity index (χ1n) is 8.09. The van der Waals surface area contributed by atoms with Crippen molar-refractivity contribution in [3.8, 4) is 0 Å². The van der Waals surface area contributed by atoms with Crippen LogP contribution >= 0.6 is 0 Å². The molecule has 2 rings (SSSR count). The number of carboxylic acid groups (broad SMARTS) is 1. The average Bonchev–Trinajstić information content (AvgIpc) is 2.97. The maximum Gasteiger partial charge on any atom is 0.332 e. The molecule has 0 radical (unpaired) electrons. The Morgan fingerprint density at radius 1 is 1.27 bits per heavy atom. The molecular formula is C16H27NO5. The van der Waals surface area contributed by atoms with Crippen molar-refractivity contribution in [3.05, 3.63) is 0 Å². The van der Waals surface area contributed by atoms with E-state index in [1.54, 1.807) is 19.1 Å². The van der Waals surface area contributed by atoms with Gasteiger partial charge in [0.2, 0.25) is 0 Å². The second-order valence-electron chi connectivity index (χ2n) is 6.39. The van der Waals surface area contributed by atoms with E-state index < -0.39 is 18.2 Å². The summed E-state index contributed by atoms with van der Waals surface area (Å²) < 4.78 is 11.0. The fraction of sp³-hybridized carbons (Fsp3) is 0.875. The van der Waals surface area contributed by atoms with Crippen LogP contribution in [0.15, 0.2) is 0 Å². The molecule has 0 spiro atoms. The van der Waals surface area contributed by atoms with Crippen LogP contribution in [0.2, 0.25) is 0 Å². The Balaban J connectivity index is 2.04. The quantitative estimate of drug-likeness (QED) is 0.807. The zero-order valence-electron chi connectivity index (χ0n) is 13.9. The summed E-state index contributed by atoms with van der Waals surface area (Å²) in [6.07, 6.45) is 2.32. The highest BCUT2D eigenvalue weighted by Gasteiger charge is 2.56. The summed E-state index contributed by atoms with van der Waals surface area (Å²) in [5.41, 5.74) is -0.00996. The number of nitrogens with zero attached hydrogens (tertiary/aromatic N) is 1. The summed E-state index contributed by atoms with van der Waals surface area (Å²) in [5, 5.41) is 8.98. The Morgan fingerprint density at radius 3 is 2.32 bits per heavy atom. The summed E-state index contributed by atoms with van der Waals surface area (Å²) in [7, 11) is 3.52. The molecule has 22 heavy (non-hydrogen) atoms. The number of carbonyl (C=O) groups is 2. The zero-order valence-corrected chi connectivity index (χ0v) is 13.9. The fourth-order valence-electron chi connectivity index (χ4n) is 4.16. The highest BCUT2D eigenvalue weighted by molar-refractivity contribution is 5.83. The highest BCUT2D eigenvalue weighted by Crippen LogP contribution is 2.51. The van der Waals surface area contributed by atoms with Gasteiger partial charge in [-0.3, -0.25) is 4.79 Å². The number of methoxy groups -OCH3 is 1. The van der Waals surface area contributed by atoms with E-state index in [0.717, 1.165) is 19.3 Å². The van der Waals surface area contributed by atoms with Crippen LogP contribution in [0.1, 0.15) is 46.0 Å². The minimum Gasteiger partial charge on any atom is -0.479 e. The van der Waals surface area contributed by atoms with E-state index in [0.29, 0.717) is 12.8 Å². The number of rotatable bonds is 6. The fourth-order valence-corrected chi connectivity index (χ4v) is 4.16. The number of hydrogen-bond donors (Lipinski definition) is 1. The van der Waals surface area contributed by atoms with Crippen LogP contribution in [-0.2, 0) is 19.1 Å². The molecule has 1 aliphatic carbocycles. The molecule has 0 aromatic heterocycles. The van der Waals surface area contributed by atoms with Gasteiger partial charge in [-0.05, 0) is 32.1 Å². The SMILES string of the molecule is CCC1(CC)C(OC)CC1N(C)C(=O)[C@@H]1CC[C@H](C(=O)O)O1. The molecule has 6 heteroatoms. The highest BCUT2D eigenvalue weighted by atomic mass is 16.5. The van der Waals surface area contributed by atoms with Gasteiger partial charge in [-0.15, -0.1) is 0 Å². The van der Waals surface area contributed by atoms with Crippen LogP contribution in [0.3, 0.4) is 0 Å². The van der Waals surface area contributed by atoms with Gasteiger partial charge in [0.25, 0.3) is 5.91 Å². The summed E-state index contributed by atoms with van der Waals surface area (Å²) in [5.74, 6) is -1.09. The Hall–Kier alpha value is -1.14. The van der Waals surface area contributed by atoms with Gasteiger partial charge in [0.05, 0.1) is 6.10 Å². The van der Waals surface area contributed by atoms with Crippen molar-refractivity contribution >= 4 is 11.9 Å². The van der Waals surface area contributed by atoms with Crippen LogP contribution in [0.5, 0.6) is 0 Å². The van der Waals surface area contributed by atoms with Crippen LogP contribution < -0.4 is 0 Å². The van der Waals surface area contributed by atoms with Crippen molar-refractivity contribution in [2.45, 2.75) is 70.3 Å². The van der Waals surface area contributed by atoms with E-state index in [1.165, 1.54) is 0 Å². The molecule has 1 saturated heterocycles. The summed E-state index contributed by atoms with van der Waals surface area (Å²) in [6.45, 7) is 4.26. The van der Waals surface area contributed by atoms with Gasteiger partial charge in [0.15, 0.2) is 6.10 Å². The molecule has 6 nitrogen and oxygen atoms in total. The second kappa shape index (κ2) is 6.54. The topological polar surface area (TPSA) is 76.1 Å². The summed E-state index contributed by atoms with van der Waals surface area (Å²) in [6, 6.07) is 0.132. The zero-order chi connectivity index (χ0) is 16.5. The van der Waals surface area contributed by atoms with Crippen molar-refractivity contribution in [3.63, 3.8) is 0 Å². The normalized spacial score (nSPS) is 33.3. The Bertz CT molecular complexity index is 434. The molecule has 126 valence electrons. The van der Waals surface area contributed by atoms with Crippen molar-refractivity contribution < 1.29 is 24.2 Å². The smallest absolute Gasteiger partial charge is 0.332 e. The third-order valence-electron chi connectivity index (χ3n) is 5.73. The first kappa shape index (κ1) is 17.2. The number of carboxylic acids is 1. The first-order chi connectivity index (χ1) is 10.4. The minimum atomic E-state index is -0.988. The van der Waals surface area contributed by atoms with Gasteiger partial charge < -0.3 is 19.5 Å². The first-order valence-corrected chi connectivity index (χ1v) is 8.09. The van der Waals surface area contributed by atoms with Gasteiger partial charge >= 0.3 is 5.97 Å². The van der Waals surface area contributed by atoms with E-state index in [1.807, 2.05) is 0 Å². The second-order valence-corrected chi connectivity index (χ2v) is 6.39. The molecule has 2 unspecified atom stereocenters. The molecule has 2 aliphatic rings. The van der Waals surface area contributed by atoms with E-state index in [-0.39, 0.29) is 23.5 Å². The molecule has 1 amide bonds. The number of ether oxygens (including phenoxy) is 2. The maximum absolute atomic E-state index is 12.6. The lowest BCUT2D eigenvalue weighted by Gasteiger charge is -2.58. The van der Waals surface area contributed by atoms with Crippen molar-refractivity contribution in [2.75, 3.05) is 14.2 Å². The maximum atomic E-state index is 12.6. The monoisotopic (exact) mass is 313 g/mol. The summed E-state index contributed by atoms with van der Waals surface area (Å²) >= 11 is 0. The molecule has 1 N–H and O–H groups in total. The number of hydrogen-bond acceptors (Lipinski definition) is 4. The molecule has 0 aromatic carbocycles. The molecule has 1 saturated carbocycles. The van der Waals surface area contributed by atoms with Crippen LogP contribution in [0, 0.1) is 5.41 Å². The Morgan fingerprint density at radius 2 is 1.86 bits per heavy atom. The van der Waals surface area contributed by atoms with Crippen molar-refractivity contribution in [2.24, 2.45) is 5.41 Å². The molecule has 1 heterocycles. The Kier molecular flexibility index (Phi) is 5.12. The largest absolute Gasteiger partial charge is 0.479 e. The molecular weight excluding hydrogens is 286 g/mol. The molecule has 0 bridgehead atoms. The summed E-state index contributed by atoms with van der Waals surface area (Å²) in [4.78, 5) is 25.3. The number of aliphatic carboxylic acids is 1. The number of carbonyl (C=O) groups excluding carboxylic acids is 1. The van der Waals surface area contributed by atoms with Gasteiger partial charge in [-0.25, -0.2) is 4.79 Å². The minimum absolute atomic E-state index is 0.00996. The van der Waals surface area contributed by atoms with E-state index >= 15 is 0 Å². The molecule has 1 aliphatic heterocycles. The lowest BCUT2D eigenvalue weighted by molar-refractivity contribution is -0.178. The lowest BCUT2D eigenvalue weighted by Crippen LogP contribution is -2.65. The van der Waals surface area contributed by atoms with Crippen molar-refractivity contribution in [1.29, 1.82) is 0 Å². The standard InChI is InChI=1S/C16H27NO5/c1-5-16(6-2)12(9-13(16)21-4)17(3)14(18)10-7-8-11(22-10)15(19)20/h10-13H,5-9H2,1-4H3,(H,19,20)/t10-,11+,12?,13?/m0/s1. The van der Waals surface area contributed by atoms with Gasteiger partial charge in [0, 0.05) is 25.6 Å². The van der Waals surface area contributed by atoms with Gasteiger partial charge in [-0.1, -0.05) is 13.8 Å². The van der Waals surface area contributed by atoms with E-state index in [9.17, 15) is 9.59 Å². The Labute approximate surface area is 131 Å². The lowest BCUT2D eigenvalue weighted by atomic mass is 9.58. The third-order valence-corrected chi connectivity index (χ3v) is 5.73. The predicted octanol–water partition coefficient (Wildman–Crippen LogP) is 1.67. The van der Waals surface area contributed by atoms with E-state index in [4.69, 9.17) is 14.6 Å². The van der Waals surface area contributed by atoms with Gasteiger partial charge in [0.1, 0.15) is 6.10 Å². The molecule has 2 fully saturated rings. The molecule has 4 atom stereocenters. The number of likely N-dealkylation sites (N-methyl/N-ethyl adjacent to an activating group) is 1. The average molecular weight is 313 g/mol.